The summed E-state index contributed by atoms with van der Waals surface area (Å²) in [5.41, 5.74) is 7.51. The van der Waals surface area contributed by atoms with Gasteiger partial charge in [-0.05, 0) is 24.1 Å². The molecule has 0 aliphatic carbocycles. The van der Waals surface area contributed by atoms with E-state index in [1.54, 1.807) is 7.11 Å². The van der Waals surface area contributed by atoms with Gasteiger partial charge >= 0.3 is 0 Å². The minimum absolute atomic E-state index is 0.564. The van der Waals surface area contributed by atoms with Gasteiger partial charge in [-0.1, -0.05) is 12.1 Å². The van der Waals surface area contributed by atoms with Crippen molar-refractivity contribution in [1.29, 1.82) is 0 Å². The van der Waals surface area contributed by atoms with Crippen LogP contribution in [-0.2, 0) is 22.0 Å². The maximum absolute atomic E-state index is 11.4. The highest BCUT2D eigenvalue weighted by atomic mass is 32.2. The Kier molecular flexibility index (Phi) is 5.36. The first-order valence-corrected chi connectivity index (χ1v) is 6.39. The molecule has 84 valence electrons. The van der Waals surface area contributed by atoms with Gasteiger partial charge in [-0.25, -0.2) is 0 Å². The highest BCUT2D eigenvalue weighted by Gasteiger charge is 2.00. The Morgan fingerprint density at radius 1 is 1.27 bits per heavy atom. The lowest BCUT2D eigenvalue weighted by atomic mass is 10.2. The van der Waals surface area contributed by atoms with E-state index in [0.717, 1.165) is 12.1 Å². The van der Waals surface area contributed by atoms with Crippen LogP contribution in [0.5, 0.6) is 0 Å². The molecular weight excluding hydrogens is 210 g/mol. The lowest BCUT2D eigenvalue weighted by Crippen LogP contribution is -2.09. The van der Waals surface area contributed by atoms with Crippen LogP contribution < -0.4 is 5.73 Å². The first kappa shape index (κ1) is 12.2. The van der Waals surface area contributed by atoms with E-state index < -0.39 is 10.8 Å². The summed E-state index contributed by atoms with van der Waals surface area (Å²) in [6.07, 6.45) is 0.830. The van der Waals surface area contributed by atoms with E-state index in [1.807, 2.05) is 24.3 Å². The van der Waals surface area contributed by atoms with E-state index in [0.29, 0.717) is 18.1 Å². The molecule has 0 aromatic heterocycles. The van der Waals surface area contributed by atoms with Crippen LogP contribution in [0.15, 0.2) is 24.3 Å². The number of methoxy groups -OCH3 is 1. The van der Waals surface area contributed by atoms with Crippen LogP contribution in [-0.4, -0.2) is 29.4 Å². The first-order chi connectivity index (χ1) is 7.22. The van der Waals surface area contributed by atoms with Crippen LogP contribution in [0.2, 0.25) is 0 Å². The lowest BCUT2D eigenvalue weighted by molar-refractivity contribution is 0.218. The summed E-state index contributed by atoms with van der Waals surface area (Å²) in [6, 6.07) is 7.69. The zero-order chi connectivity index (χ0) is 11.1. The Bertz CT molecular complexity index is 311. The van der Waals surface area contributed by atoms with Gasteiger partial charge in [-0.2, -0.15) is 0 Å². The fourth-order valence-corrected chi connectivity index (χ4v) is 2.21. The minimum atomic E-state index is -0.782. The molecule has 0 spiro atoms. The molecule has 1 aromatic rings. The molecule has 0 amide bonds. The standard InChI is InChI=1S/C11H17NO2S/c1-14-7-9-15(13)8-6-10-2-4-11(12)5-3-10/h2-5H,6-9,12H2,1H3. The summed E-state index contributed by atoms with van der Waals surface area (Å²) in [5.74, 6) is 1.30. The zero-order valence-electron chi connectivity index (χ0n) is 8.94. The zero-order valence-corrected chi connectivity index (χ0v) is 9.76. The summed E-state index contributed by atoms with van der Waals surface area (Å²) >= 11 is 0. The fourth-order valence-electron chi connectivity index (χ4n) is 1.19. The second kappa shape index (κ2) is 6.58. The molecule has 0 saturated carbocycles. The van der Waals surface area contributed by atoms with Crippen LogP contribution in [0.4, 0.5) is 5.69 Å². The molecule has 1 atom stereocenters. The molecule has 2 N–H and O–H groups in total. The predicted octanol–water partition coefficient (Wildman–Crippen LogP) is 1.21. The van der Waals surface area contributed by atoms with Crippen LogP contribution in [0.1, 0.15) is 5.56 Å². The Labute approximate surface area is 93.1 Å². The van der Waals surface area contributed by atoms with Crippen molar-refractivity contribution in [3.63, 3.8) is 0 Å². The van der Waals surface area contributed by atoms with Crippen LogP contribution >= 0.6 is 0 Å². The molecule has 0 heterocycles. The summed E-state index contributed by atoms with van der Waals surface area (Å²) in [7, 11) is 0.840. The third-order valence-electron chi connectivity index (χ3n) is 2.11. The molecule has 4 heteroatoms. The second-order valence-electron chi connectivity index (χ2n) is 3.33. The Balaban J connectivity index is 2.30. The summed E-state index contributed by atoms with van der Waals surface area (Å²) in [5, 5.41) is 0. The van der Waals surface area contributed by atoms with Gasteiger partial charge in [0.05, 0.1) is 6.61 Å². The molecule has 0 fully saturated rings. The number of aryl methyl sites for hydroxylation is 1. The number of anilines is 1. The number of hydrogen-bond donors (Lipinski definition) is 1. The minimum Gasteiger partial charge on any atom is -0.399 e. The maximum Gasteiger partial charge on any atom is 0.0577 e. The SMILES string of the molecule is COCCS(=O)CCc1ccc(N)cc1. The molecular formula is C11H17NO2S. The van der Waals surface area contributed by atoms with Crippen molar-refractivity contribution in [2.75, 3.05) is 31.0 Å². The van der Waals surface area contributed by atoms with E-state index >= 15 is 0 Å². The van der Waals surface area contributed by atoms with Crippen molar-refractivity contribution in [3.05, 3.63) is 29.8 Å². The number of nitrogens with two attached hydrogens (primary N) is 1. The monoisotopic (exact) mass is 227 g/mol. The predicted molar refractivity (Wildman–Crippen MR) is 64.3 cm³/mol. The van der Waals surface area contributed by atoms with Crippen molar-refractivity contribution in [1.82, 2.24) is 0 Å². The quantitative estimate of drug-likeness (QED) is 0.743. The largest absolute Gasteiger partial charge is 0.399 e. The highest BCUT2D eigenvalue weighted by Crippen LogP contribution is 2.06. The van der Waals surface area contributed by atoms with E-state index in [4.69, 9.17) is 10.5 Å². The van der Waals surface area contributed by atoms with Crippen molar-refractivity contribution in [2.24, 2.45) is 0 Å². The van der Waals surface area contributed by atoms with Gasteiger partial charge in [0.15, 0.2) is 0 Å². The molecule has 0 aliphatic rings. The number of nitrogen functional groups attached to an aromatic ring is 1. The van der Waals surface area contributed by atoms with Crippen LogP contribution in [0.25, 0.3) is 0 Å². The van der Waals surface area contributed by atoms with E-state index in [9.17, 15) is 4.21 Å². The number of ether oxygens (including phenoxy) is 1. The molecule has 1 aromatic carbocycles. The maximum atomic E-state index is 11.4. The van der Waals surface area contributed by atoms with Crippen molar-refractivity contribution in [3.8, 4) is 0 Å². The molecule has 15 heavy (non-hydrogen) atoms. The topological polar surface area (TPSA) is 52.3 Å². The Hall–Kier alpha value is -0.870. The summed E-state index contributed by atoms with van der Waals surface area (Å²) in [6.45, 7) is 0.564. The number of rotatable bonds is 6. The molecule has 0 radical (unpaired) electrons. The lowest BCUT2D eigenvalue weighted by Gasteiger charge is -2.02. The van der Waals surface area contributed by atoms with Crippen molar-refractivity contribution >= 4 is 16.5 Å². The van der Waals surface area contributed by atoms with Gasteiger partial charge in [-0.3, -0.25) is 4.21 Å². The average Bonchev–Trinajstić information content (AvgIpc) is 2.25. The van der Waals surface area contributed by atoms with Gasteiger partial charge in [-0.15, -0.1) is 0 Å². The highest BCUT2D eigenvalue weighted by molar-refractivity contribution is 7.84. The second-order valence-corrected chi connectivity index (χ2v) is 5.03. The third-order valence-corrected chi connectivity index (χ3v) is 3.39. The Morgan fingerprint density at radius 2 is 1.93 bits per heavy atom. The number of benzene rings is 1. The third kappa shape index (κ3) is 4.95. The van der Waals surface area contributed by atoms with Crippen LogP contribution in [0, 0.1) is 0 Å². The number of hydrogen-bond acceptors (Lipinski definition) is 3. The average molecular weight is 227 g/mol. The van der Waals surface area contributed by atoms with Gasteiger partial charge in [0.1, 0.15) is 0 Å². The van der Waals surface area contributed by atoms with Crippen molar-refractivity contribution < 1.29 is 8.95 Å². The first-order valence-electron chi connectivity index (χ1n) is 4.90. The normalized spacial score (nSPS) is 12.6. The van der Waals surface area contributed by atoms with Crippen LogP contribution in [0.3, 0.4) is 0 Å². The van der Waals surface area contributed by atoms with E-state index in [1.165, 1.54) is 5.56 Å². The van der Waals surface area contributed by atoms with Gasteiger partial charge in [0.25, 0.3) is 0 Å². The fraction of sp³-hybridized carbons (Fsp3) is 0.455. The van der Waals surface area contributed by atoms with Crippen molar-refractivity contribution in [2.45, 2.75) is 6.42 Å². The Morgan fingerprint density at radius 3 is 2.53 bits per heavy atom. The van der Waals surface area contributed by atoms with E-state index in [2.05, 4.69) is 0 Å². The van der Waals surface area contributed by atoms with Gasteiger partial charge in [0.2, 0.25) is 0 Å². The summed E-state index contributed by atoms with van der Waals surface area (Å²) < 4.78 is 16.3. The molecule has 0 bridgehead atoms. The molecule has 1 rings (SSSR count). The smallest absolute Gasteiger partial charge is 0.0577 e. The molecule has 0 saturated heterocycles. The molecule has 0 aliphatic heterocycles. The van der Waals surface area contributed by atoms with Gasteiger partial charge < -0.3 is 10.5 Å². The molecule has 3 nitrogen and oxygen atoms in total. The molecule has 1 unspecified atom stereocenters. The van der Waals surface area contributed by atoms with Gasteiger partial charge in [0, 0.05) is 35.1 Å². The summed E-state index contributed by atoms with van der Waals surface area (Å²) in [4.78, 5) is 0. The van der Waals surface area contributed by atoms with E-state index in [-0.39, 0.29) is 0 Å².